The summed E-state index contributed by atoms with van der Waals surface area (Å²) in [5, 5.41) is 0. The number of hydrogen-bond acceptors (Lipinski definition) is 5. The average Bonchev–Trinajstić information content (AvgIpc) is 2.79. The molecule has 1 aromatic rings. The standard InChI is InChI=1S/C20H33N5O/c1-20(2)7-6-18(26)24(13-8-20)12-4-3-11-23-14-16-25(17-15-23)19-21-9-5-10-22-19/h5,9-10H,3-4,6-8,11-17H2,1-2H3. The largest absolute Gasteiger partial charge is 0.343 e. The van der Waals surface area contributed by atoms with Gasteiger partial charge in [0.2, 0.25) is 11.9 Å². The summed E-state index contributed by atoms with van der Waals surface area (Å²) in [7, 11) is 0. The average molecular weight is 360 g/mol. The Bertz CT molecular complexity index is 569. The number of anilines is 1. The molecule has 0 saturated carbocycles. The topological polar surface area (TPSA) is 52.6 Å². The maximum Gasteiger partial charge on any atom is 0.225 e. The third kappa shape index (κ3) is 5.40. The zero-order chi connectivity index (χ0) is 18.4. The van der Waals surface area contributed by atoms with Crippen molar-refractivity contribution in [3.63, 3.8) is 0 Å². The first kappa shape index (κ1) is 19.1. The molecular weight excluding hydrogens is 326 g/mol. The second kappa shape index (κ2) is 8.80. The van der Waals surface area contributed by atoms with Crippen molar-refractivity contribution in [2.24, 2.45) is 5.41 Å². The number of carbonyl (C=O) groups excluding carboxylic acids is 1. The van der Waals surface area contributed by atoms with Gasteiger partial charge in [0.1, 0.15) is 0 Å². The zero-order valence-electron chi connectivity index (χ0n) is 16.4. The monoisotopic (exact) mass is 359 g/mol. The second-order valence-electron chi connectivity index (χ2n) is 8.38. The van der Waals surface area contributed by atoms with E-state index in [1.165, 1.54) is 0 Å². The molecule has 26 heavy (non-hydrogen) atoms. The van der Waals surface area contributed by atoms with Crippen molar-refractivity contribution in [2.45, 2.75) is 46.0 Å². The lowest BCUT2D eigenvalue weighted by molar-refractivity contribution is -0.130. The Morgan fingerprint density at radius 2 is 1.65 bits per heavy atom. The van der Waals surface area contributed by atoms with E-state index in [1.54, 1.807) is 12.4 Å². The summed E-state index contributed by atoms with van der Waals surface area (Å²) in [6.07, 6.45) is 8.75. The molecule has 2 fully saturated rings. The van der Waals surface area contributed by atoms with Crippen molar-refractivity contribution in [1.29, 1.82) is 0 Å². The summed E-state index contributed by atoms with van der Waals surface area (Å²) < 4.78 is 0. The van der Waals surface area contributed by atoms with Gasteiger partial charge in [-0.25, -0.2) is 9.97 Å². The van der Waals surface area contributed by atoms with Crippen LogP contribution in [0.4, 0.5) is 5.95 Å². The third-order valence-corrected chi connectivity index (χ3v) is 5.79. The van der Waals surface area contributed by atoms with Crippen LogP contribution in [0.1, 0.15) is 46.0 Å². The quantitative estimate of drug-likeness (QED) is 0.730. The van der Waals surface area contributed by atoms with E-state index < -0.39 is 0 Å². The molecular formula is C20H33N5O. The SMILES string of the molecule is CC1(C)CCC(=O)N(CCCCN2CCN(c3ncccn3)CC2)CC1. The van der Waals surface area contributed by atoms with Crippen LogP contribution < -0.4 is 4.90 Å². The summed E-state index contributed by atoms with van der Waals surface area (Å²) in [6, 6.07) is 1.86. The molecule has 6 heteroatoms. The molecule has 2 saturated heterocycles. The first-order chi connectivity index (χ1) is 12.5. The van der Waals surface area contributed by atoms with Gasteiger partial charge in [-0.15, -0.1) is 0 Å². The van der Waals surface area contributed by atoms with Crippen molar-refractivity contribution in [3.8, 4) is 0 Å². The minimum absolute atomic E-state index is 0.312. The minimum Gasteiger partial charge on any atom is -0.343 e. The molecule has 0 aromatic carbocycles. The van der Waals surface area contributed by atoms with Gasteiger partial charge in [0.15, 0.2) is 0 Å². The Labute approximate surface area is 157 Å². The summed E-state index contributed by atoms with van der Waals surface area (Å²) in [5.41, 5.74) is 0.312. The highest BCUT2D eigenvalue weighted by Crippen LogP contribution is 2.30. The lowest BCUT2D eigenvalue weighted by Gasteiger charge is -2.34. The van der Waals surface area contributed by atoms with Gasteiger partial charge in [-0.2, -0.15) is 0 Å². The molecule has 1 amide bonds. The predicted octanol–water partition coefficient (Wildman–Crippen LogP) is 2.42. The van der Waals surface area contributed by atoms with Crippen LogP contribution in [0, 0.1) is 5.41 Å². The molecule has 0 radical (unpaired) electrons. The third-order valence-electron chi connectivity index (χ3n) is 5.79. The molecule has 0 atom stereocenters. The number of hydrogen-bond donors (Lipinski definition) is 0. The lowest BCUT2D eigenvalue weighted by Crippen LogP contribution is -2.47. The Balaban J connectivity index is 1.33. The normalized spacial score (nSPS) is 21.7. The summed E-state index contributed by atoms with van der Waals surface area (Å²) in [4.78, 5) is 27.8. The van der Waals surface area contributed by atoms with Crippen LogP contribution >= 0.6 is 0 Å². The molecule has 0 bridgehead atoms. The van der Waals surface area contributed by atoms with Gasteiger partial charge in [0.05, 0.1) is 0 Å². The van der Waals surface area contributed by atoms with Gasteiger partial charge >= 0.3 is 0 Å². The van der Waals surface area contributed by atoms with Gasteiger partial charge in [0, 0.05) is 58.1 Å². The maximum absolute atomic E-state index is 12.3. The van der Waals surface area contributed by atoms with E-state index in [-0.39, 0.29) is 0 Å². The Hall–Kier alpha value is -1.69. The highest BCUT2D eigenvalue weighted by atomic mass is 16.2. The molecule has 0 spiro atoms. The van der Waals surface area contributed by atoms with Gasteiger partial charge < -0.3 is 9.80 Å². The number of nitrogens with zero attached hydrogens (tertiary/aromatic N) is 5. The van der Waals surface area contributed by atoms with E-state index >= 15 is 0 Å². The second-order valence-corrected chi connectivity index (χ2v) is 8.38. The predicted molar refractivity (Wildman–Crippen MR) is 104 cm³/mol. The smallest absolute Gasteiger partial charge is 0.225 e. The van der Waals surface area contributed by atoms with Crippen molar-refractivity contribution in [1.82, 2.24) is 19.8 Å². The number of aromatic nitrogens is 2. The molecule has 0 N–H and O–H groups in total. The van der Waals surface area contributed by atoms with Crippen LogP contribution in [-0.2, 0) is 4.79 Å². The zero-order valence-corrected chi connectivity index (χ0v) is 16.4. The fourth-order valence-corrected chi connectivity index (χ4v) is 3.79. The first-order valence-electron chi connectivity index (χ1n) is 10.1. The van der Waals surface area contributed by atoms with Crippen LogP contribution in [0.3, 0.4) is 0 Å². The van der Waals surface area contributed by atoms with Gasteiger partial charge in [-0.1, -0.05) is 13.8 Å². The summed E-state index contributed by atoms with van der Waals surface area (Å²) in [5.74, 6) is 1.20. The molecule has 1 aromatic heterocycles. The fourth-order valence-electron chi connectivity index (χ4n) is 3.79. The van der Waals surface area contributed by atoms with Gasteiger partial charge in [-0.3, -0.25) is 9.69 Å². The van der Waals surface area contributed by atoms with Crippen LogP contribution in [0.2, 0.25) is 0 Å². The molecule has 3 heterocycles. The minimum atomic E-state index is 0.312. The molecule has 6 nitrogen and oxygen atoms in total. The van der Waals surface area contributed by atoms with Crippen LogP contribution in [0.5, 0.6) is 0 Å². The van der Waals surface area contributed by atoms with E-state index in [9.17, 15) is 4.79 Å². The number of piperazine rings is 1. The summed E-state index contributed by atoms with van der Waals surface area (Å²) >= 11 is 0. The number of carbonyl (C=O) groups is 1. The van der Waals surface area contributed by atoms with Crippen molar-refractivity contribution in [3.05, 3.63) is 18.5 Å². The van der Waals surface area contributed by atoms with Crippen molar-refractivity contribution in [2.75, 3.05) is 50.7 Å². The molecule has 2 aliphatic heterocycles. The van der Waals surface area contributed by atoms with Gasteiger partial charge in [0.25, 0.3) is 0 Å². The van der Waals surface area contributed by atoms with E-state index in [0.29, 0.717) is 11.3 Å². The molecule has 2 aliphatic rings. The van der Waals surface area contributed by atoms with Crippen molar-refractivity contribution < 1.29 is 4.79 Å². The molecule has 3 rings (SSSR count). The lowest BCUT2D eigenvalue weighted by atomic mass is 9.85. The van der Waals surface area contributed by atoms with Crippen LogP contribution in [-0.4, -0.2) is 71.5 Å². The highest BCUT2D eigenvalue weighted by Gasteiger charge is 2.27. The first-order valence-corrected chi connectivity index (χ1v) is 10.1. The highest BCUT2D eigenvalue weighted by molar-refractivity contribution is 5.76. The maximum atomic E-state index is 12.3. The van der Waals surface area contributed by atoms with E-state index in [4.69, 9.17) is 0 Å². The molecule has 0 unspecified atom stereocenters. The Kier molecular flexibility index (Phi) is 6.46. The summed E-state index contributed by atoms with van der Waals surface area (Å²) in [6.45, 7) is 11.6. The Morgan fingerprint density at radius 3 is 2.38 bits per heavy atom. The van der Waals surface area contributed by atoms with E-state index in [1.807, 2.05) is 6.07 Å². The molecule has 0 aliphatic carbocycles. The van der Waals surface area contributed by atoms with Crippen LogP contribution in [0.25, 0.3) is 0 Å². The van der Waals surface area contributed by atoms with E-state index in [2.05, 4.69) is 38.5 Å². The molecule has 144 valence electrons. The van der Waals surface area contributed by atoms with Gasteiger partial charge in [-0.05, 0) is 43.7 Å². The number of unbranched alkanes of at least 4 members (excludes halogenated alkanes) is 1. The van der Waals surface area contributed by atoms with E-state index in [0.717, 1.165) is 83.9 Å². The number of likely N-dealkylation sites (tertiary alicyclic amines) is 1. The number of rotatable bonds is 6. The fraction of sp³-hybridized carbons (Fsp3) is 0.750. The van der Waals surface area contributed by atoms with Crippen LogP contribution in [0.15, 0.2) is 18.5 Å². The number of amides is 1. The Morgan fingerprint density at radius 1 is 0.962 bits per heavy atom. The van der Waals surface area contributed by atoms with Crippen molar-refractivity contribution >= 4 is 11.9 Å².